The molecule has 0 aliphatic carbocycles. The van der Waals surface area contributed by atoms with Crippen LogP contribution in [0.5, 0.6) is 0 Å². The van der Waals surface area contributed by atoms with Crippen LogP contribution >= 0.6 is 15.6 Å². The predicted molar refractivity (Wildman–Crippen MR) is 312 cm³/mol. The number of phosphoric ester groups is 2. The molecule has 0 aromatic rings. The maximum atomic E-state index is 12.9. The molecule has 17 nitrogen and oxygen atoms in total. The molecule has 468 valence electrons. The fourth-order valence-corrected chi connectivity index (χ4v) is 10.5. The van der Waals surface area contributed by atoms with E-state index in [0.717, 1.165) is 115 Å². The number of hydrogen-bond acceptors (Lipinski definition) is 15. The number of ether oxygens (including phenoxy) is 4. The van der Waals surface area contributed by atoms with Crippen LogP contribution in [-0.4, -0.2) is 96.7 Å². The van der Waals surface area contributed by atoms with Crippen LogP contribution in [0.3, 0.4) is 0 Å². The van der Waals surface area contributed by atoms with Crippen LogP contribution < -0.4 is 0 Å². The average Bonchev–Trinajstić information content (AvgIpc) is 3.41. The summed E-state index contributed by atoms with van der Waals surface area (Å²) in [4.78, 5) is 71.8. The van der Waals surface area contributed by atoms with Crippen LogP contribution in [0.1, 0.15) is 298 Å². The number of phosphoric acid groups is 2. The molecule has 0 amide bonds. The molecule has 0 aromatic heterocycles. The summed E-state index contributed by atoms with van der Waals surface area (Å²) in [7, 11) is -9.87. The van der Waals surface area contributed by atoms with Gasteiger partial charge >= 0.3 is 39.5 Å². The van der Waals surface area contributed by atoms with Crippen molar-refractivity contribution in [2.75, 3.05) is 39.6 Å². The van der Waals surface area contributed by atoms with Gasteiger partial charge in [0.25, 0.3) is 0 Å². The van der Waals surface area contributed by atoms with E-state index in [9.17, 15) is 43.2 Å². The topological polar surface area (TPSA) is 237 Å². The van der Waals surface area contributed by atoms with Crippen LogP contribution in [0.4, 0.5) is 0 Å². The Balaban J connectivity index is 5.20. The fourth-order valence-electron chi connectivity index (χ4n) is 8.88. The molecule has 5 atom stereocenters. The molecule has 3 N–H and O–H groups in total. The molecule has 0 saturated heterocycles. The van der Waals surface area contributed by atoms with Crippen molar-refractivity contribution in [2.24, 2.45) is 5.92 Å². The highest BCUT2D eigenvalue weighted by molar-refractivity contribution is 7.47. The number of aliphatic hydroxyl groups is 1. The SMILES string of the molecule is CCCCCCCCCCCCCCC(=O)OC[C@H](COP(=O)(O)OC[C@@H](O)COP(=O)(O)OC[C@@H](COC(=O)CCCCCCCCC)OC(=O)CCCCCCCCCC)OC(=O)CCCCCCCCCCCC(C)C. The van der Waals surface area contributed by atoms with Crippen molar-refractivity contribution in [3.8, 4) is 0 Å². The minimum atomic E-state index is -4.94. The van der Waals surface area contributed by atoms with Crippen LogP contribution in [0, 0.1) is 5.92 Å². The van der Waals surface area contributed by atoms with Gasteiger partial charge in [-0.05, 0) is 31.6 Å². The van der Waals surface area contributed by atoms with E-state index in [1.807, 2.05) is 0 Å². The maximum absolute atomic E-state index is 12.9. The lowest BCUT2D eigenvalue weighted by atomic mass is 10.0. The Bertz CT molecular complexity index is 1550. The molecular weight excluding hydrogens is 1050 g/mol. The largest absolute Gasteiger partial charge is 0.472 e. The number of carbonyl (C=O) groups is 4. The third kappa shape index (κ3) is 55.0. The van der Waals surface area contributed by atoms with Crippen molar-refractivity contribution >= 4 is 39.5 Å². The van der Waals surface area contributed by atoms with Gasteiger partial charge in [-0.25, -0.2) is 9.13 Å². The molecule has 0 aliphatic heterocycles. The molecule has 0 aromatic carbocycles. The summed E-state index contributed by atoms with van der Waals surface area (Å²) < 4.78 is 67.7. The van der Waals surface area contributed by atoms with Crippen molar-refractivity contribution in [1.29, 1.82) is 0 Å². The second kappa shape index (κ2) is 54.0. The number of hydrogen-bond donors (Lipinski definition) is 3. The van der Waals surface area contributed by atoms with E-state index in [1.54, 1.807) is 0 Å². The Morgan fingerprint density at radius 1 is 0.342 bits per heavy atom. The molecule has 0 saturated carbocycles. The monoisotopic (exact) mass is 1170 g/mol. The minimum Gasteiger partial charge on any atom is -0.462 e. The van der Waals surface area contributed by atoms with Crippen LogP contribution in [0.15, 0.2) is 0 Å². The number of esters is 4. The molecule has 19 heteroatoms. The number of unbranched alkanes of at least 4 members (excludes halogenated alkanes) is 32. The Labute approximate surface area is 479 Å². The van der Waals surface area contributed by atoms with Gasteiger partial charge in [-0.15, -0.1) is 0 Å². The zero-order chi connectivity index (χ0) is 58.5. The third-order valence-corrected chi connectivity index (χ3v) is 15.7. The van der Waals surface area contributed by atoms with E-state index in [0.29, 0.717) is 25.7 Å². The van der Waals surface area contributed by atoms with Crippen molar-refractivity contribution in [1.82, 2.24) is 0 Å². The first-order valence-electron chi connectivity index (χ1n) is 31.6. The highest BCUT2D eigenvalue weighted by Crippen LogP contribution is 2.45. The van der Waals surface area contributed by atoms with Gasteiger partial charge in [0.1, 0.15) is 19.3 Å². The van der Waals surface area contributed by atoms with Crippen LogP contribution in [0.2, 0.25) is 0 Å². The zero-order valence-corrected chi connectivity index (χ0v) is 52.3. The predicted octanol–water partition coefficient (Wildman–Crippen LogP) is 16.2. The van der Waals surface area contributed by atoms with Gasteiger partial charge in [0, 0.05) is 25.7 Å². The molecule has 0 bridgehead atoms. The van der Waals surface area contributed by atoms with E-state index >= 15 is 0 Å². The van der Waals surface area contributed by atoms with Crippen molar-refractivity contribution in [2.45, 2.75) is 316 Å². The summed E-state index contributed by atoms with van der Waals surface area (Å²) in [6, 6.07) is 0. The van der Waals surface area contributed by atoms with E-state index in [-0.39, 0.29) is 25.7 Å². The summed E-state index contributed by atoms with van der Waals surface area (Å²) >= 11 is 0. The Hall–Kier alpha value is -1.94. The van der Waals surface area contributed by atoms with Gasteiger partial charge in [-0.1, -0.05) is 247 Å². The lowest BCUT2D eigenvalue weighted by Gasteiger charge is -2.21. The molecule has 0 rings (SSSR count). The highest BCUT2D eigenvalue weighted by atomic mass is 31.2. The van der Waals surface area contributed by atoms with E-state index < -0.39 is 97.5 Å². The number of rotatable bonds is 60. The normalized spacial score (nSPS) is 14.3. The summed E-state index contributed by atoms with van der Waals surface area (Å²) in [5.41, 5.74) is 0. The minimum absolute atomic E-state index is 0.104. The standard InChI is InChI=1S/C60H116O17P2/c1-6-9-12-15-18-20-21-22-25-30-34-39-44-58(63)71-50-56(77-60(65)46-41-36-31-26-23-24-28-32-37-42-53(4)5)52-75-79(68,69)73-48-54(61)47-72-78(66,67)74-51-55(49-70-57(62)43-38-33-27-17-14-11-8-3)76-59(64)45-40-35-29-19-16-13-10-7-2/h53-56,61H,6-52H2,1-5H3,(H,66,67)(H,68,69)/t54-,55+,56+/m0/s1. The Morgan fingerprint density at radius 3 is 0.861 bits per heavy atom. The summed E-state index contributed by atoms with van der Waals surface area (Å²) in [5, 5.41) is 10.5. The molecule has 0 fully saturated rings. The van der Waals surface area contributed by atoms with E-state index in [1.165, 1.54) is 103 Å². The van der Waals surface area contributed by atoms with Gasteiger partial charge in [-0.2, -0.15) is 0 Å². The van der Waals surface area contributed by atoms with Gasteiger partial charge in [0.15, 0.2) is 12.2 Å². The van der Waals surface area contributed by atoms with Crippen molar-refractivity contribution in [3.05, 3.63) is 0 Å². The van der Waals surface area contributed by atoms with Crippen molar-refractivity contribution in [3.63, 3.8) is 0 Å². The highest BCUT2D eigenvalue weighted by Gasteiger charge is 2.30. The number of carbonyl (C=O) groups excluding carboxylic acids is 4. The summed E-state index contributed by atoms with van der Waals surface area (Å²) in [6.45, 7) is 7.07. The average molecular weight is 1170 g/mol. The maximum Gasteiger partial charge on any atom is 0.472 e. The first-order valence-corrected chi connectivity index (χ1v) is 34.6. The first kappa shape index (κ1) is 77.1. The fraction of sp³-hybridized carbons (Fsp3) is 0.933. The van der Waals surface area contributed by atoms with Gasteiger partial charge in [-0.3, -0.25) is 37.3 Å². The molecule has 79 heavy (non-hydrogen) atoms. The summed E-state index contributed by atoms with van der Waals surface area (Å²) in [6.07, 6.45) is 36.3. The van der Waals surface area contributed by atoms with Gasteiger partial charge < -0.3 is 33.8 Å². The lowest BCUT2D eigenvalue weighted by molar-refractivity contribution is -0.161. The second-order valence-electron chi connectivity index (χ2n) is 22.2. The molecular formula is C60H116O17P2. The molecule has 0 radical (unpaired) electrons. The van der Waals surface area contributed by atoms with Crippen LogP contribution in [-0.2, 0) is 65.4 Å². The van der Waals surface area contributed by atoms with Crippen molar-refractivity contribution < 1.29 is 80.2 Å². The molecule has 0 spiro atoms. The Morgan fingerprint density at radius 2 is 0.582 bits per heavy atom. The second-order valence-corrected chi connectivity index (χ2v) is 25.1. The smallest absolute Gasteiger partial charge is 0.462 e. The van der Waals surface area contributed by atoms with Crippen LogP contribution in [0.25, 0.3) is 0 Å². The molecule has 0 aliphatic rings. The third-order valence-electron chi connectivity index (χ3n) is 13.8. The summed E-state index contributed by atoms with van der Waals surface area (Å²) in [5.74, 6) is -1.41. The van der Waals surface area contributed by atoms with E-state index in [4.69, 9.17) is 37.0 Å². The van der Waals surface area contributed by atoms with Gasteiger partial charge in [0.2, 0.25) is 0 Å². The quantitative estimate of drug-likeness (QED) is 0.0222. The first-order chi connectivity index (χ1) is 38.0. The zero-order valence-electron chi connectivity index (χ0n) is 50.5. The van der Waals surface area contributed by atoms with Gasteiger partial charge in [0.05, 0.1) is 26.4 Å². The number of aliphatic hydroxyl groups excluding tert-OH is 1. The van der Waals surface area contributed by atoms with E-state index in [2.05, 4.69) is 34.6 Å². The lowest BCUT2D eigenvalue weighted by Crippen LogP contribution is -2.30. The molecule has 2 unspecified atom stereocenters. The molecule has 0 heterocycles. The Kier molecular flexibility index (Phi) is 52.7.